The Kier molecular flexibility index (Phi) is 4.82. The number of thiocarbonyl (C=S) groups is 1. The number of anilines is 1. The highest BCUT2D eigenvalue weighted by Crippen LogP contribution is 2.20. The summed E-state index contributed by atoms with van der Waals surface area (Å²) >= 11 is 8.32. The van der Waals surface area contributed by atoms with Crippen LogP contribution in [0.5, 0.6) is 0 Å². The highest BCUT2D eigenvalue weighted by atomic mass is 79.9. The van der Waals surface area contributed by atoms with Crippen molar-refractivity contribution in [2.75, 3.05) is 18.5 Å². The molecule has 2 N–H and O–H groups in total. The number of halogens is 2. The van der Waals surface area contributed by atoms with E-state index >= 15 is 0 Å². The first kappa shape index (κ1) is 11.4. The van der Waals surface area contributed by atoms with Crippen LogP contribution in [-0.2, 0) is 0 Å². The molecule has 0 spiro atoms. The van der Waals surface area contributed by atoms with Crippen LogP contribution in [0.2, 0.25) is 0 Å². The molecule has 0 aromatic heterocycles. The lowest BCUT2D eigenvalue weighted by atomic mass is 10.3. The maximum absolute atomic E-state index is 11.8. The lowest BCUT2D eigenvalue weighted by Crippen LogP contribution is -2.30. The van der Waals surface area contributed by atoms with Crippen LogP contribution in [0.3, 0.4) is 0 Å². The molecule has 14 heavy (non-hydrogen) atoms. The average Bonchev–Trinajstić information content (AvgIpc) is 2.18. The third-order valence-electron chi connectivity index (χ3n) is 1.50. The summed E-state index contributed by atoms with van der Waals surface area (Å²) in [5.74, 6) is 0. The van der Waals surface area contributed by atoms with Crippen molar-refractivity contribution >= 4 is 38.9 Å². The van der Waals surface area contributed by atoms with Gasteiger partial charge < -0.3 is 10.6 Å². The maximum atomic E-state index is 11.8. The summed E-state index contributed by atoms with van der Waals surface area (Å²) in [5, 5.41) is 6.11. The normalized spacial score (nSPS) is 9.57. The van der Waals surface area contributed by atoms with Gasteiger partial charge in [0.25, 0.3) is 0 Å². The lowest BCUT2D eigenvalue weighted by Gasteiger charge is -2.10. The van der Waals surface area contributed by atoms with Gasteiger partial charge in [0.2, 0.25) is 0 Å². The molecule has 0 aliphatic carbocycles. The van der Waals surface area contributed by atoms with E-state index in [-0.39, 0.29) is 6.54 Å². The van der Waals surface area contributed by atoms with Gasteiger partial charge in [-0.05, 0) is 40.3 Å². The molecule has 0 aliphatic heterocycles. The van der Waals surface area contributed by atoms with Gasteiger partial charge in [0.15, 0.2) is 5.11 Å². The van der Waals surface area contributed by atoms with Crippen molar-refractivity contribution in [3.8, 4) is 0 Å². The molecule has 1 aromatic carbocycles. The highest BCUT2D eigenvalue weighted by molar-refractivity contribution is 9.10. The molecule has 76 valence electrons. The summed E-state index contributed by atoms with van der Waals surface area (Å²) in [5.41, 5.74) is 0.865. The summed E-state index contributed by atoms with van der Waals surface area (Å²) in [7, 11) is 0. The molecule has 5 heteroatoms. The Labute approximate surface area is 96.0 Å². The number of hydrogen-bond acceptors (Lipinski definition) is 1. The molecule has 1 rings (SSSR count). The number of rotatable bonds is 3. The van der Waals surface area contributed by atoms with Crippen molar-refractivity contribution in [3.05, 3.63) is 28.7 Å². The Bertz CT molecular complexity index is 319. The molecule has 0 saturated heterocycles. The molecule has 0 radical (unpaired) electrons. The number of hydrogen-bond donors (Lipinski definition) is 2. The standard InChI is InChI=1S/C9H10BrFN2S/c10-7-3-1-2-4-8(7)13-9(14)12-6-5-11/h1-4H,5-6H2,(H2,12,13,14). The molecule has 0 heterocycles. The second-order valence-electron chi connectivity index (χ2n) is 2.55. The Morgan fingerprint density at radius 3 is 2.79 bits per heavy atom. The number of alkyl halides is 1. The van der Waals surface area contributed by atoms with Gasteiger partial charge in [0.1, 0.15) is 6.67 Å². The van der Waals surface area contributed by atoms with Crippen molar-refractivity contribution in [2.24, 2.45) is 0 Å². The first-order valence-electron chi connectivity index (χ1n) is 4.09. The predicted molar refractivity (Wildman–Crippen MR) is 64.3 cm³/mol. The molecule has 1 aromatic rings. The number of para-hydroxylation sites is 1. The smallest absolute Gasteiger partial charge is 0.170 e. The van der Waals surface area contributed by atoms with Crippen LogP contribution < -0.4 is 10.6 Å². The summed E-state index contributed by atoms with van der Waals surface area (Å²) in [4.78, 5) is 0. The zero-order valence-electron chi connectivity index (χ0n) is 7.39. The fourth-order valence-electron chi connectivity index (χ4n) is 0.890. The average molecular weight is 277 g/mol. The van der Waals surface area contributed by atoms with Crippen LogP contribution in [0.1, 0.15) is 0 Å². The molecular formula is C9H10BrFN2S. The summed E-state index contributed by atoms with van der Waals surface area (Å²) < 4.78 is 12.7. The second kappa shape index (κ2) is 5.93. The van der Waals surface area contributed by atoms with E-state index in [2.05, 4.69) is 26.6 Å². The Morgan fingerprint density at radius 2 is 2.14 bits per heavy atom. The minimum Gasteiger partial charge on any atom is -0.360 e. The van der Waals surface area contributed by atoms with Crippen molar-refractivity contribution in [3.63, 3.8) is 0 Å². The van der Waals surface area contributed by atoms with Crippen LogP contribution in [-0.4, -0.2) is 18.3 Å². The largest absolute Gasteiger partial charge is 0.360 e. The fraction of sp³-hybridized carbons (Fsp3) is 0.222. The van der Waals surface area contributed by atoms with E-state index in [1.165, 1.54) is 0 Å². The van der Waals surface area contributed by atoms with E-state index in [0.29, 0.717) is 5.11 Å². The topological polar surface area (TPSA) is 24.1 Å². The number of nitrogens with one attached hydrogen (secondary N) is 2. The molecule has 0 atom stereocenters. The van der Waals surface area contributed by atoms with E-state index < -0.39 is 6.67 Å². The van der Waals surface area contributed by atoms with Gasteiger partial charge in [-0.25, -0.2) is 4.39 Å². The lowest BCUT2D eigenvalue weighted by molar-refractivity contribution is 0.492. The van der Waals surface area contributed by atoms with Crippen molar-refractivity contribution in [1.82, 2.24) is 5.32 Å². The number of benzene rings is 1. The van der Waals surface area contributed by atoms with E-state index in [0.717, 1.165) is 10.2 Å². The molecule has 0 saturated carbocycles. The van der Waals surface area contributed by atoms with Gasteiger partial charge in [-0.3, -0.25) is 0 Å². The van der Waals surface area contributed by atoms with Crippen molar-refractivity contribution < 1.29 is 4.39 Å². The molecular weight excluding hydrogens is 267 g/mol. The van der Waals surface area contributed by atoms with Gasteiger partial charge in [-0.2, -0.15) is 0 Å². The SMILES string of the molecule is FCCNC(=S)Nc1ccccc1Br. The molecule has 0 bridgehead atoms. The summed E-state index contributed by atoms with van der Waals surface area (Å²) in [6.45, 7) is -0.200. The van der Waals surface area contributed by atoms with Crippen molar-refractivity contribution in [1.29, 1.82) is 0 Å². The molecule has 2 nitrogen and oxygen atoms in total. The summed E-state index contributed by atoms with van der Waals surface area (Å²) in [6.07, 6.45) is 0. The van der Waals surface area contributed by atoms with Crippen LogP contribution in [0, 0.1) is 0 Å². The molecule has 0 unspecified atom stereocenters. The fourth-order valence-corrected chi connectivity index (χ4v) is 1.49. The molecule has 0 fully saturated rings. The highest BCUT2D eigenvalue weighted by Gasteiger charge is 1.99. The van der Waals surface area contributed by atoms with Gasteiger partial charge in [0, 0.05) is 11.0 Å². The van der Waals surface area contributed by atoms with Crippen molar-refractivity contribution in [2.45, 2.75) is 0 Å². The zero-order chi connectivity index (χ0) is 10.4. The van der Waals surface area contributed by atoms with Crippen LogP contribution >= 0.6 is 28.1 Å². The van der Waals surface area contributed by atoms with E-state index in [4.69, 9.17) is 12.2 Å². The summed E-state index contributed by atoms with van der Waals surface area (Å²) in [6, 6.07) is 7.59. The van der Waals surface area contributed by atoms with Gasteiger partial charge >= 0.3 is 0 Å². The van der Waals surface area contributed by atoms with Gasteiger partial charge in [0.05, 0.1) is 5.69 Å². The molecule has 0 amide bonds. The monoisotopic (exact) mass is 276 g/mol. The zero-order valence-corrected chi connectivity index (χ0v) is 9.79. The van der Waals surface area contributed by atoms with Crippen LogP contribution in [0.25, 0.3) is 0 Å². The Balaban J connectivity index is 2.52. The first-order chi connectivity index (χ1) is 6.74. The maximum Gasteiger partial charge on any atom is 0.170 e. The van der Waals surface area contributed by atoms with Crippen LogP contribution in [0.15, 0.2) is 28.7 Å². The molecule has 0 aliphatic rings. The second-order valence-corrected chi connectivity index (χ2v) is 3.81. The predicted octanol–water partition coefficient (Wildman–Crippen LogP) is 2.71. The van der Waals surface area contributed by atoms with E-state index in [1.807, 2.05) is 24.3 Å². The Morgan fingerprint density at radius 1 is 1.43 bits per heavy atom. The van der Waals surface area contributed by atoms with Gasteiger partial charge in [-0.15, -0.1) is 0 Å². The van der Waals surface area contributed by atoms with E-state index in [1.54, 1.807) is 0 Å². The minimum absolute atomic E-state index is 0.232. The quantitative estimate of drug-likeness (QED) is 0.831. The Hall–Kier alpha value is -0.680. The van der Waals surface area contributed by atoms with E-state index in [9.17, 15) is 4.39 Å². The van der Waals surface area contributed by atoms with Crippen LogP contribution in [0.4, 0.5) is 10.1 Å². The third kappa shape index (κ3) is 3.59. The first-order valence-corrected chi connectivity index (χ1v) is 5.29. The minimum atomic E-state index is -0.433. The third-order valence-corrected chi connectivity index (χ3v) is 2.44. The van der Waals surface area contributed by atoms with Gasteiger partial charge in [-0.1, -0.05) is 12.1 Å².